The lowest BCUT2D eigenvalue weighted by Crippen LogP contribution is -2.29. The quantitative estimate of drug-likeness (QED) is 0.654. The van der Waals surface area contributed by atoms with Gasteiger partial charge in [0.2, 0.25) is 0 Å². The number of hydrogen-bond donors (Lipinski definition) is 0. The van der Waals surface area contributed by atoms with E-state index < -0.39 is 0 Å². The number of rotatable bonds is 3. The van der Waals surface area contributed by atoms with E-state index in [1.165, 1.54) is 13.5 Å². The van der Waals surface area contributed by atoms with Crippen molar-refractivity contribution in [3.8, 4) is 0 Å². The number of methoxy groups -OCH3 is 1. The Hall–Kier alpha value is -0.570. The Morgan fingerprint density at radius 2 is 2.36 bits per heavy atom. The van der Waals surface area contributed by atoms with Gasteiger partial charge in [0.25, 0.3) is 0 Å². The minimum atomic E-state index is -0.109. The average Bonchev–Trinajstić information content (AvgIpc) is 2.20. The van der Waals surface area contributed by atoms with E-state index in [-0.39, 0.29) is 18.0 Å². The van der Waals surface area contributed by atoms with Gasteiger partial charge in [-0.15, -0.1) is 0 Å². The SMILES string of the molecule is COC(=O)C(C)C[C@H]1CCCO[C@@H]1C. The minimum absolute atomic E-state index is 0.00542. The van der Waals surface area contributed by atoms with E-state index in [1.807, 2.05) is 6.92 Å². The summed E-state index contributed by atoms with van der Waals surface area (Å²) >= 11 is 0. The molecule has 0 aromatic rings. The first kappa shape index (κ1) is 11.5. The minimum Gasteiger partial charge on any atom is -0.469 e. The molecule has 0 saturated carbocycles. The topological polar surface area (TPSA) is 35.5 Å². The lowest BCUT2D eigenvalue weighted by Gasteiger charge is -2.30. The highest BCUT2D eigenvalue weighted by atomic mass is 16.5. The molecule has 1 aliphatic rings. The molecule has 1 unspecified atom stereocenters. The number of carbonyl (C=O) groups excluding carboxylic acids is 1. The highest BCUT2D eigenvalue weighted by Gasteiger charge is 2.26. The molecule has 0 spiro atoms. The van der Waals surface area contributed by atoms with Crippen LogP contribution in [0.1, 0.15) is 33.1 Å². The Labute approximate surface area is 85.8 Å². The van der Waals surface area contributed by atoms with Crippen molar-refractivity contribution in [1.29, 1.82) is 0 Å². The average molecular weight is 200 g/mol. The molecule has 0 aliphatic carbocycles. The van der Waals surface area contributed by atoms with E-state index in [0.29, 0.717) is 5.92 Å². The van der Waals surface area contributed by atoms with Crippen LogP contribution in [0.15, 0.2) is 0 Å². The van der Waals surface area contributed by atoms with Crippen LogP contribution in [0.4, 0.5) is 0 Å². The largest absolute Gasteiger partial charge is 0.469 e. The number of ether oxygens (including phenoxy) is 2. The van der Waals surface area contributed by atoms with Crippen molar-refractivity contribution in [3.63, 3.8) is 0 Å². The molecule has 1 heterocycles. The monoisotopic (exact) mass is 200 g/mol. The Bertz CT molecular complexity index is 191. The zero-order chi connectivity index (χ0) is 10.6. The van der Waals surface area contributed by atoms with E-state index >= 15 is 0 Å². The zero-order valence-electron chi connectivity index (χ0n) is 9.29. The molecule has 3 heteroatoms. The lowest BCUT2D eigenvalue weighted by molar-refractivity contribution is -0.146. The van der Waals surface area contributed by atoms with Crippen LogP contribution in [0.25, 0.3) is 0 Å². The Kier molecular flexibility index (Phi) is 4.39. The van der Waals surface area contributed by atoms with E-state index in [0.717, 1.165) is 19.4 Å². The summed E-state index contributed by atoms with van der Waals surface area (Å²) in [7, 11) is 1.44. The van der Waals surface area contributed by atoms with Crippen LogP contribution in [-0.4, -0.2) is 25.8 Å². The first-order chi connectivity index (χ1) is 6.65. The van der Waals surface area contributed by atoms with E-state index in [4.69, 9.17) is 9.47 Å². The van der Waals surface area contributed by atoms with E-state index in [2.05, 4.69) is 6.92 Å². The van der Waals surface area contributed by atoms with Gasteiger partial charge in [0.15, 0.2) is 0 Å². The standard InChI is InChI=1S/C11H20O3/c1-8(11(12)13-3)7-10-5-4-6-14-9(10)2/h8-10H,4-7H2,1-3H3/t8?,9-,10-/m1/s1. The maximum Gasteiger partial charge on any atom is 0.308 e. The summed E-state index contributed by atoms with van der Waals surface area (Å²) in [6.45, 7) is 4.88. The Morgan fingerprint density at radius 3 is 2.93 bits per heavy atom. The third-order valence-electron chi connectivity index (χ3n) is 3.02. The smallest absolute Gasteiger partial charge is 0.308 e. The van der Waals surface area contributed by atoms with Gasteiger partial charge in [-0.2, -0.15) is 0 Å². The highest BCUT2D eigenvalue weighted by molar-refractivity contribution is 5.71. The summed E-state index contributed by atoms with van der Waals surface area (Å²) in [5.74, 6) is 0.398. The molecular formula is C11H20O3. The molecule has 14 heavy (non-hydrogen) atoms. The maximum absolute atomic E-state index is 11.2. The molecule has 0 amide bonds. The van der Waals surface area contributed by atoms with Crippen molar-refractivity contribution >= 4 is 5.97 Å². The van der Waals surface area contributed by atoms with Crippen LogP contribution in [0.3, 0.4) is 0 Å². The van der Waals surface area contributed by atoms with Crippen LogP contribution in [0.5, 0.6) is 0 Å². The molecular weight excluding hydrogens is 180 g/mol. The maximum atomic E-state index is 11.2. The molecule has 1 rings (SSSR count). The van der Waals surface area contributed by atoms with Gasteiger partial charge in [-0.3, -0.25) is 4.79 Å². The van der Waals surface area contributed by atoms with Crippen LogP contribution >= 0.6 is 0 Å². The molecule has 3 atom stereocenters. The molecule has 82 valence electrons. The second-order valence-electron chi connectivity index (χ2n) is 4.14. The third kappa shape index (κ3) is 2.98. The molecule has 0 aromatic carbocycles. The summed E-state index contributed by atoms with van der Waals surface area (Å²) in [5.41, 5.74) is 0. The Balaban J connectivity index is 2.38. The van der Waals surface area contributed by atoms with Crippen molar-refractivity contribution in [2.45, 2.75) is 39.2 Å². The van der Waals surface area contributed by atoms with Gasteiger partial charge < -0.3 is 9.47 Å². The van der Waals surface area contributed by atoms with Crippen LogP contribution in [0, 0.1) is 11.8 Å². The fourth-order valence-corrected chi connectivity index (χ4v) is 2.05. The predicted octanol–water partition coefficient (Wildman–Crippen LogP) is 2.00. The molecule has 3 nitrogen and oxygen atoms in total. The van der Waals surface area contributed by atoms with Gasteiger partial charge >= 0.3 is 5.97 Å². The van der Waals surface area contributed by atoms with Crippen LogP contribution in [0.2, 0.25) is 0 Å². The van der Waals surface area contributed by atoms with Crippen LogP contribution in [-0.2, 0) is 14.3 Å². The van der Waals surface area contributed by atoms with E-state index in [9.17, 15) is 4.79 Å². The first-order valence-electron chi connectivity index (χ1n) is 5.34. The van der Waals surface area contributed by atoms with Crippen molar-refractivity contribution in [3.05, 3.63) is 0 Å². The normalized spacial score (nSPS) is 29.6. The molecule has 0 aromatic heterocycles. The number of carbonyl (C=O) groups is 1. The molecule has 1 saturated heterocycles. The van der Waals surface area contributed by atoms with Crippen molar-refractivity contribution in [2.75, 3.05) is 13.7 Å². The van der Waals surface area contributed by atoms with Gasteiger partial charge in [-0.1, -0.05) is 6.92 Å². The lowest BCUT2D eigenvalue weighted by atomic mass is 9.87. The fourth-order valence-electron chi connectivity index (χ4n) is 2.05. The van der Waals surface area contributed by atoms with Gasteiger partial charge in [0.1, 0.15) is 0 Å². The van der Waals surface area contributed by atoms with Crippen LogP contribution < -0.4 is 0 Å². The molecule has 1 aliphatic heterocycles. The summed E-state index contributed by atoms with van der Waals surface area (Å²) < 4.78 is 10.3. The van der Waals surface area contributed by atoms with Gasteiger partial charge in [0, 0.05) is 6.61 Å². The second kappa shape index (κ2) is 5.35. The summed E-state index contributed by atoms with van der Waals surface area (Å²) in [4.78, 5) is 11.2. The van der Waals surface area contributed by atoms with Gasteiger partial charge in [0.05, 0.1) is 19.1 Å². The zero-order valence-corrected chi connectivity index (χ0v) is 9.29. The van der Waals surface area contributed by atoms with E-state index in [1.54, 1.807) is 0 Å². The van der Waals surface area contributed by atoms with Crippen molar-refractivity contribution in [1.82, 2.24) is 0 Å². The predicted molar refractivity (Wildman–Crippen MR) is 53.9 cm³/mol. The first-order valence-corrected chi connectivity index (χ1v) is 5.34. The summed E-state index contributed by atoms with van der Waals surface area (Å²) in [6, 6.07) is 0. The van der Waals surface area contributed by atoms with Crippen molar-refractivity contribution in [2.24, 2.45) is 11.8 Å². The Morgan fingerprint density at radius 1 is 1.64 bits per heavy atom. The third-order valence-corrected chi connectivity index (χ3v) is 3.02. The highest BCUT2D eigenvalue weighted by Crippen LogP contribution is 2.27. The van der Waals surface area contributed by atoms with Gasteiger partial charge in [-0.05, 0) is 32.1 Å². The molecule has 0 bridgehead atoms. The van der Waals surface area contributed by atoms with Gasteiger partial charge in [-0.25, -0.2) is 0 Å². The van der Waals surface area contributed by atoms with Crippen molar-refractivity contribution < 1.29 is 14.3 Å². The number of esters is 1. The second-order valence-corrected chi connectivity index (χ2v) is 4.14. The fraction of sp³-hybridized carbons (Fsp3) is 0.909. The summed E-state index contributed by atoms with van der Waals surface area (Å²) in [6.07, 6.45) is 3.45. The molecule has 0 radical (unpaired) electrons. The summed E-state index contributed by atoms with van der Waals surface area (Å²) in [5, 5.41) is 0. The number of hydrogen-bond acceptors (Lipinski definition) is 3. The molecule has 0 N–H and O–H groups in total. The molecule has 1 fully saturated rings.